The van der Waals surface area contributed by atoms with Crippen LogP contribution in [0.3, 0.4) is 0 Å². The van der Waals surface area contributed by atoms with Gasteiger partial charge >= 0.3 is 0 Å². The highest BCUT2D eigenvalue weighted by molar-refractivity contribution is 5.20. The summed E-state index contributed by atoms with van der Waals surface area (Å²) in [5.41, 5.74) is 2.38. The summed E-state index contributed by atoms with van der Waals surface area (Å²) in [5.74, 6) is 3.52. The van der Waals surface area contributed by atoms with Gasteiger partial charge in [-0.2, -0.15) is 0 Å². The topological polar surface area (TPSA) is 66.0 Å². The molecule has 2 heterocycles. The van der Waals surface area contributed by atoms with Gasteiger partial charge in [-0.05, 0) is 56.3 Å². The molecule has 4 aliphatic rings. The molecule has 24 heavy (non-hydrogen) atoms. The van der Waals surface area contributed by atoms with Gasteiger partial charge in [-0.3, -0.25) is 0 Å². The van der Waals surface area contributed by atoms with E-state index in [1.165, 1.54) is 44.2 Å². The molecular formula is C18H24N4O2. The molecule has 0 amide bonds. The highest BCUT2D eigenvalue weighted by Gasteiger charge is 2.52. The molecule has 0 aliphatic heterocycles. The van der Waals surface area contributed by atoms with Crippen LogP contribution in [0.1, 0.15) is 55.7 Å². The van der Waals surface area contributed by atoms with E-state index in [4.69, 9.17) is 9.26 Å². The minimum Gasteiger partial charge on any atom is -0.377 e. The molecule has 0 atom stereocenters. The molecular weight excluding hydrogens is 304 g/mol. The smallest absolute Gasteiger partial charge is 0.162 e. The Morgan fingerprint density at radius 3 is 2.58 bits per heavy atom. The molecule has 6 heteroatoms. The third-order valence-electron chi connectivity index (χ3n) is 6.34. The zero-order valence-electron chi connectivity index (χ0n) is 14.1. The molecule has 2 aromatic rings. The molecule has 4 aliphatic carbocycles. The summed E-state index contributed by atoms with van der Waals surface area (Å²) < 4.78 is 12.2. The minimum absolute atomic E-state index is 0.304. The van der Waals surface area contributed by atoms with E-state index in [2.05, 4.69) is 21.7 Å². The van der Waals surface area contributed by atoms with E-state index in [0.29, 0.717) is 18.6 Å². The van der Waals surface area contributed by atoms with Crippen LogP contribution in [0.25, 0.3) is 0 Å². The van der Waals surface area contributed by atoms with Gasteiger partial charge in [0.2, 0.25) is 0 Å². The van der Waals surface area contributed by atoms with Crippen molar-refractivity contribution >= 4 is 0 Å². The Labute approximate surface area is 141 Å². The van der Waals surface area contributed by atoms with Gasteiger partial charge in [0, 0.05) is 24.8 Å². The van der Waals surface area contributed by atoms with E-state index in [9.17, 15) is 0 Å². The van der Waals surface area contributed by atoms with Crippen molar-refractivity contribution in [2.75, 3.05) is 7.11 Å². The van der Waals surface area contributed by atoms with Crippen molar-refractivity contribution in [3.8, 4) is 0 Å². The largest absolute Gasteiger partial charge is 0.377 e. The highest BCUT2D eigenvalue weighted by atomic mass is 16.5. The Morgan fingerprint density at radius 1 is 1.21 bits per heavy atom. The maximum atomic E-state index is 5.25. The van der Waals surface area contributed by atoms with E-state index >= 15 is 0 Å². The van der Waals surface area contributed by atoms with Gasteiger partial charge < -0.3 is 9.26 Å². The van der Waals surface area contributed by atoms with Gasteiger partial charge in [0.15, 0.2) is 5.76 Å². The number of rotatable bonds is 5. The van der Waals surface area contributed by atoms with E-state index in [-0.39, 0.29) is 0 Å². The zero-order chi connectivity index (χ0) is 16.1. The number of methoxy groups -OCH3 is 1. The van der Waals surface area contributed by atoms with Crippen LogP contribution in [0.4, 0.5) is 0 Å². The second-order valence-electron chi connectivity index (χ2n) is 8.22. The lowest BCUT2D eigenvalue weighted by Gasteiger charge is -2.56. The molecule has 4 bridgehead atoms. The predicted molar refractivity (Wildman–Crippen MR) is 86.2 cm³/mol. The standard InChI is InChI=1S/C18H24N4O2/c1-23-11-16-5-15(20-24-16)9-22-10-17(19-21-22)18-6-12-2-13(7-18)4-14(3-12)8-18/h5,10,12-14H,2-4,6-9,11H2,1H3. The summed E-state index contributed by atoms with van der Waals surface area (Å²) in [7, 11) is 1.65. The summed E-state index contributed by atoms with van der Waals surface area (Å²) in [6.45, 7) is 1.05. The van der Waals surface area contributed by atoms with Crippen LogP contribution in [0.5, 0.6) is 0 Å². The van der Waals surface area contributed by atoms with Crippen molar-refractivity contribution in [2.45, 2.75) is 57.1 Å². The van der Waals surface area contributed by atoms with Crippen LogP contribution in [0.2, 0.25) is 0 Å². The summed E-state index contributed by atoms with van der Waals surface area (Å²) in [5, 5.41) is 13.0. The molecule has 0 saturated heterocycles. The molecule has 128 valence electrons. The summed E-state index contributed by atoms with van der Waals surface area (Å²) in [6.07, 6.45) is 10.5. The monoisotopic (exact) mass is 328 g/mol. The molecule has 0 aromatic carbocycles. The van der Waals surface area contributed by atoms with Crippen molar-refractivity contribution in [3.63, 3.8) is 0 Å². The lowest BCUT2D eigenvalue weighted by atomic mass is 9.49. The first-order chi connectivity index (χ1) is 11.7. The van der Waals surface area contributed by atoms with Gasteiger partial charge in [-0.15, -0.1) is 5.10 Å². The van der Waals surface area contributed by atoms with Gasteiger partial charge in [0.25, 0.3) is 0 Å². The van der Waals surface area contributed by atoms with Gasteiger partial charge in [0.05, 0.1) is 12.2 Å². The van der Waals surface area contributed by atoms with Gasteiger partial charge in [0.1, 0.15) is 12.3 Å². The lowest BCUT2D eigenvalue weighted by Crippen LogP contribution is -2.48. The second-order valence-corrected chi connectivity index (χ2v) is 8.22. The maximum absolute atomic E-state index is 5.25. The predicted octanol–water partition coefficient (Wildman–Crippen LogP) is 2.93. The number of nitrogens with zero attached hydrogens (tertiary/aromatic N) is 4. The summed E-state index contributed by atoms with van der Waals surface area (Å²) >= 11 is 0. The molecule has 0 spiro atoms. The molecule has 0 radical (unpaired) electrons. The molecule has 4 fully saturated rings. The Hall–Kier alpha value is -1.69. The fourth-order valence-electron chi connectivity index (χ4n) is 5.85. The highest BCUT2D eigenvalue weighted by Crippen LogP contribution is 2.60. The first-order valence-electron chi connectivity index (χ1n) is 9.06. The lowest BCUT2D eigenvalue weighted by molar-refractivity contribution is -0.00725. The van der Waals surface area contributed by atoms with E-state index < -0.39 is 0 Å². The average molecular weight is 328 g/mol. The normalized spacial score (nSPS) is 34.1. The second kappa shape index (κ2) is 5.41. The summed E-state index contributed by atoms with van der Waals surface area (Å²) in [4.78, 5) is 0. The third-order valence-corrected chi connectivity index (χ3v) is 6.34. The van der Waals surface area contributed by atoms with Crippen molar-refractivity contribution < 1.29 is 9.26 Å². The van der Waals surface area contributed by atoms with Crippen LogP contribution in [0, 0.1) is 17.8 Å². The van der Waals surface area contributed by atoms with Crippen LogP contribution in [0.15, 0.2) is 16.8 Å². The van der Waals surface area contributed by atoms with E-state index in [0.717, 1.165) is 29.2 Å². The molecule has 4 saturated carbocycles. The van der Waals surface area contributed by atoms with Crippen LogP contribution in [-0.2, 0) is 23.3 Å². The third kappa shape index (κ3) is 2.39. The van der Waals surface area contributed by atoms with E-state index in [1.807, 2.05) is 10.7 Å². The van der Waals surface area contributed by atoms with Crippen LogP contribution >= 0.6 is 0 Å². The maximum Gasteiger partial charge on any atom is 0.162 e. The van der Waals surface area contributed by atoms with Crippen LogP contribution in [-0.4, -0.2) is 27.3 Å². The minimum atomic E-state index is 0.304. The molecule has 2 aromatic heterocycles. The fourth-order valence-corrected chi connectivity index (χ4v) is 5.85. The van der Waals surface area contributed by atoms with Crippen LogP contribution < -0.4 is 0 Å². The molecule has 0 N–H and O–H groups in total. The number of aromatic nitrogens is 4. The molecule has 6 rings (SSSR count). The zero-order valence-corrected chi connectivity index (χ0v) is 14.1. The SMILES string of the molecule is COCc1cc(Cn2cc(C34CC5CC(CC(C5)C3)C4)nn2)no1. The van der Waals surface area contributed by atoms with E-state index in [1.54, 1.807) is 7.11 Å². The van der Waals surface area contributed by atoms with Crippen molar-refractivity contribution in [3.05, 3.63) is 29.4 Å². The Kier molecular flexibility index (Phi) is 3.30. The Bertz CT molecular complexity index is 700. The average Bonchev–Trinajstić information content (AvgIpc) is 3.17. The molecule has 6 nitrogen and oxygen atoms in total. The quantitative estimate of drug-likeness (QED) is 0.844. The van der Waals surface area contributed by atoms with Crippen molar-refractivity contribution in [1.82, 2.24) is 20.2 Å². The first-order valence-corrected chi connectivity index (χ1v) is 9.06. The van der Waals surface area contributed by atoms with Gasteiger partial charge in [-0.25, -0.2) is 4.68 Å². The van der Waals surface area contributed by atoms with Crippen molar-refractivity contribution in [1.29, 1.82) is 0 Å². The number of ether oxygens (including phenoxy) is 1. The fraction of sp³-hybridized carbons (Fsp3) is 0.722. The van der Waals surface area contributed by atoms with Crippen molar-refractivity contribution in [2.24, 2.45) is 17.8 Å². The Morgan fingerprint density at radius 2 is 1.92 bits per heavy atom. The Balaban J connectivity index is 1.35. The van der Waals surface area contributed by atoms with Gasteiger partial charge in [-0.1, -0.05) is 10.4 Å². The molecule has 0 unspecified atom stereocenters. The first kappa shape index (κ1) is 14.6. The number of hydrogen-bond acceptors (Lipinski definition) is 5. The summed E-state index contributed by atoms with van der Waals surface area (Å²) in [6, 6.07) is 1.93. The number of hydrogen-bond donors (Lipinski definition) is 0.